The van der Waals surface area contributed by atoms with Gasteiger partial charge in [0.15, 0.2) is 12.4 Å². The molecule has 0 spiro atoms. The maximum Gasteiger partial charge on any atom is 0.345 e. The van der Waals surface area contributed by atoms with Crippen molar-refractivity contribution < 1.29 is 38.1 Å². The van der Waals surface area contributed by atoms with Crippen molar-refractivity contribution in [2.24, 2.45) is 0 Å². The van der Waals surface area contributed by atoms with E-state index in [1.54, 1.807) is 32.0 Å². The highest BCUT2D eigenvalue weighted by Crippen LogP contribution is 2.27. The van der Waals surface area contributed by atoms with E-state index in [0.717, 1.165) is 6.08 Å². The van der Waals surface area contributed by atoms with Gasteiger partial charge in [0.1, 0.15) is 22.8 Å². The first-order chi connectivity index (χ1) is 12.4. The fraction of sp³-hybridized carbons (Fsp3) is 0.389. The lowest BCUT2D eigenvalue weighted by molar-refractivity contribution is -0.146. The quantitative estimate of drug-likeness (QED) is 0.267. The SMILES string of the molecule is CCOC(=O)C(=CC(=O)COc1cc(OC)cc(OC)c1)C(=O)OCC. The molecular weight excluding hydrogens is 344 g/mol. The molecule has 0 radical (unpaired) electrons. The molecule has 0 aliphatic carbocycles. The number of esters is 2. The summed E-state index contributed by atoms with van der Waals surface area (Å²) in [6.07, 6.45) is 0.855. The van der Waals surface area contributed by atoms with E-state index in [4.69, 9.17) is 23.7 Å². The Bertz CT molecular complexity index is 636. The summed E-state index contributed by atoms with van der Waals surface area (Å²) in [4.78, 5) is 35.7. The van der Waals surface area contributed by atoms with Gasteiger partial charge < -0.3 is 23.7 Å². The highest BCUT2D eigenvalue weighted by atomic mass is 16.6. The number of methoxy groups -OCH3 is 2. The van der Waals surface area contributed by atoms with Crippen molar-refractivity contribution in [2.45, 2.75) is 13.8 Å². The zero-order valence-electron chi connectivity index (χ0n) is 15.2. The molecule has 0 heterocycles. The number of carbonyl (C=O) groups is 3. The van der Waals surface area contributed by atoms with Crippen LogP contribution in [0.3, 0.4) is 0 Å². The Morgan fingerprint density at radius 2 is 1.31 bits per heavy atom. The summed E-state index contributed by atoms with van der Waals surface area (Å²) >= 11 is 0. The molecule has 0 aliphatic heterocycles. The van der Waals surface area contributed by atoms with E-state index in [0.29, 0.717) is 17.2 Å². The summed E-state index contributed by atoms with van der Waals surface area (Å²) in [6, 6.07) is 4.78. The molecule has 1 aromatic rings. The summed E-state index contributed by atoms with van der Waals surface area (Å²) in [5.74, 6) is -1.16. The van der Waals surface area contributed by atoms with Crippen molar-refractivity contribution in [3.05, 3.63) is 29.8 Å². The number of carbonyl (C=O) groups excluding carboxylic acids is 3. The van der Waals surface area contributed by atoms with Crippen molar-refractivity contribution in [3.63, 3.8) is 0 Å². The van der Waals surface area contributed by atoms with Crippen LogP contribution in [-0.2, 0) is 23.9 Å². The van der Waals surface area contributed by atoms with Crippen molar-refractivity contribution in [1.29, 1.82) is 0 Å². The summed E-state index contributed by atoms with van der Waals surface area (Å²) in [5.41, 5.74) is -0.481. The molecule has 26 heavy (non-hydrogen) atoms. The third-order valence-electron chi connectivity index (χ3n) is 3.00. The predicted molar refractivity (Wildman–Crippen MR) is 91.4 cm³/mol. The van der Waals surface area contributed by atoms with Gasteiger partial charge in [0, 0.05) is 24.3 Å². The van der Waals surface area contributed by atoms with Crippen LogP contribution in [0.5, 0.6) is 17.2 Å². The monoisotopic (exact) mass is 366 g/mol. The van der Waals surface area contributed by atoms with Gasteiger partial charge in [-0.25, -0.2) is 9.59 Å². The highest BCUT2D eigenvalue weighted by molar-refractivity contribution is 6.18. The fourth-order valence-electron chi connectivity index (χ4n) is 1.84. The van der Waals surface area contributed by atoms with Crippen LogP contribution < -0.4 is 14.2 Å². The lowest BCUT2D eigenvalue weighted by atomic mass is 10.2. The molecule has 0 unspecified atom stereocenters. The zero-order valence-corrected chi connectivity index (χ0v) is 15.2. The first-order valence-electron chi connectivity index (χ1n) is 7.89. The van der Waals surface area contributed by atoms with E-state index in [1.165, 1.54) is 14.2 Å². The Hall–Kier alpha value is -3.03. The van der Waals surface area contributed by atoms with Crippen LogP contribution in [0.25, 0.3) is 0 Å². The van der Waals surface area contributed by atoms with Gasteiger partial charge in [-0.1, -0.05) is 0 Å². The van der Waals surface area contributed by atoms with Crippen LogP contribution in [0, 0.1) is 0 Å². The van der Waals surface area contributed by atoms with Gasteiger partial charge in [-0.3, -0.25) is 4.79 Å². The highest BCUT2D eigenvalue weighted by Gasteiger charge is 2.22. The van der Waals surface area contributed by atoms with Gasteiger partial charge in [0.25, 0.3) is 0 Å². The molecule has 142 valence electrons. The number of benzene rings is 1. The molecule has 0 aliphatic rings. The van der Waals surface area contributed by atoms with Crippen molar-refractivity contribution in [3.8, 4) is 17.2 Å². The second-order valence-corrected chi connectivity index (χ2v) is 4.80. The van der Waals surface area contributed by atoms with Crippen LogP contribution in [0.1, 0.15) is 13.8 Å². The molecule has 8 nitrogen and oxygen atoms in total. The van der Waals surface area contributed by atoms with Gasteiger partial charge in [-0.15, -0.1) is 0 Å². The largest absolute Gasteiger partial charge is 0.496 e. The van der Waals surface area contributed by atoms with E-state index < -0.39 is 29.9 Å². The van der Waals surface area contributed by atoms with Gasteiger partial charge in [0.2, 0.25) is 0 Å². The minimum atomic E-state index is -0.928. The van der Waals surface area contributed by atoms with E-state index in [-0.39, 0.29) is 13.2 Å². The molecule has 0 bridgehead atoms. The van der Waals surface area contributed by atoms with Gasteiger partial charge in [-0.05, 0) is 13.8 Å². The second-order valence-electron chi connectivity index (χ2n) is 4.80. The third kappa shape index (κ3) is 6.46. The molecule has 0 N–H and O–H groups in total. The molecule has 0 atom stereocenters. The third-order valence-corrected chi connectivity index (χ3v) is 3.00. The van der Waals surface area contributed by atoms with Gasteiger partial charge in [-0.2, -0.15) is 0 Å². The van der Waals surface area contributed by atoms with Crippen molar-refractivity contribution in [1.82, 2.24) is 0 Å². The average Bonchev–Trinajstić information content (AvgIpc) is 2.64. The Balaban J connectivity index is 2.88. The second kappa shape index (κ2) is 10.8. The molecule has 0 amide bonds. The normalized spacial score (nSPS) is 9.69. The number of hydrogen-bond acceptors (Lipinski definition) is 8. The predicted octanol–water partition coefficient (Wildman–Crippen LogP) is 1.70. The fourth-order valence-corrected chi connectivity index (χ4v) is 1.84. The van der Waals surface area contributed by atoms with Crippen molar-refractivity contribution >= 4 is 17.7 Å². The Kier molecular flexibility index (Phi) is 8.69. The van der Waals surface area contributed by atoms with Gasteiger partial charge in [0.05, 0.1) is 27.4 Å². The Morgan fingerprint density at radius 1 is 0.846 bits per heavy atom. The molecule has 0 aromatic heterocycles. The molecule has 0 saturated heterocycles. The van der Waals surface area contributed by atoms with Crippen LogP contribution >= 0.6 is 0 Å². The standard InChI is InChI=1S/C18H22O8/c1-5-24-17(20)16(18(21)25-6-2)7-12(19)11-26-15-9-13(22-3)8-14(10-15)23-4/h7-10H,5-6,11H2,1-4H3. The van der Waals surface area contributed by atoms with Crippen LogP contribution in [-0.4, -0.2) is 51.8 Å². The smallest absolute Gasteiger partial charge is 0.345 e. The molecule has 1 rings (SSSR count). The van der Waals surface area contributed by atoms with E-state index in [1.807, 2.05) is 0 Å². The topological polar surface area (TPSA) is 97.4 Å². The number of ether oxygens (including phenoxy) is 5. The number of hydrogen-bond donors (Lipinski definition) is 0. The number of ketones is 1. The molecule has 0 fully saturated rings. The molecule has 0 saturated carbocycles. The van der Waals surface area contributed by atoms with Gasteiger partial charge >= 0.3 is 11.9 Å². The lowest BCUT2D eigenvalue weighted by Gasteiger charge is -2.09. The maximum atomic E-state index is 12.1. The number of rotatable bonds is 10. The van der Waals surface area contributed by atoms with Crippen LogP contribution in [0.2, 0.25) is 0 Å². The van der Waals surface area contributed by atoms with Crippen molar-refractivity contribution in [2.75, 3.05) is 34.0 Å². The van der Waals surface area contributed by atoms with E-state index in [9.17, 15) is 14.4 Å². The molecule has 1 aromatic carbocycles. The average molecular weight is 366 g/mol. The van der Waals surface area contributed by atoms with Crippen LogP contribution in [0.15, 0.2) is 29.8 Å². The van der Waals surface area contributed by atoms with Crippen LogP contribution in [0.4, 0.5) is 0 Å². The maximum absolute atomic E-state index is 12.1. The zero-order chi connectivity index (χ0) is 19.5. The molecule has 8 heteroatoms. The first kappa shape index (κ1) is 21.0. The minimum absolute atomic E-state index is 0.0594. The lowest BCUT2D eigenvalue weighted by Crippen LogP contribution is -2.21. The summed E-state index contributed by atoms with van der Waals surface area (Å²) in [7, 11) is 2.97. The first-order valence-corrected chi connectivity index (χ1v) is 7.89. The Morgan fingerprint density at radius 3 is 1.73 bits per heavy atom. The van der Waals surface area contributed by atoms with E-state index >= 15 is 0 Å². The summed E-state index contributed by atoms with van der Waals surface area (Å²) < 4.78 is 25.1. The minimum Gasteiger partial charge on any atom is -0.496 e. The summed E-state index contributed by atoms with van der Waals surface area (Å²) in [5, 5.41) is 0. The molecular formula is C18H22O8. The Labute approximate surface area is 151 Å². The van der Waals surface area contributed by atoms with E-state index in [2.05, 4.69) is 0 Å². The summed E-state index contributed by atoms with van der Waals surface area (Å²) in [6.45, 7) is 2.88.